The molecule has 1 aromatic rings. The number of rotatable bonds is 4. The highest BCUT2D eigenvalue weighted by Gasteiger charge is 2.12. The minimum Gasteiger partial charge on any atom is -0.458 e. The van der Waals surface area contributed by atoms with Gasteiger partial charge in [-0.3, -0.25) is 4.79 Å². The van der Waals surface area contributed by atoms with Crippen LogP contribution in [0.2, 0.25) is 0 Å². The monoisotopic (exact) mass is 318 g/mol. The quantitative estimate of drug-likeness (QED) is 0.625. The molecule has 0 N–H and O–H groups in total. The highest BCUT2D eigenvalue weighted by Crippen LogP contribution is 2.22. The molecule has 82 valence electrons. The van der Waals surface area contributed by atoms with Crippen molar-refractivity contribution in [3.8, 4) is 0 Å². The third-order valence-electron chi connectivity index (χ3n) is 2.11. The first-order valence-electron chi connectivity index (χ1n) is 5.09. The summed E-state index contributed by atoms with van der Waals surface area (Å²) in [5.74, 6) is -0.121. The number of carbonyl (C=O) groups excluding carboxylic acids is 1. The van der Waals surface area contributed by atoms with Gasteiger partial charge in [0.25, 0.3) is 0 Å². The molecular formula is C12H15IO2. The van der Waals surface area contributed by atoms with E-state index in [4.69, 9.17) is 4.74 Å². The highest BCUT2D eigenvalue weighted by molar-refractivity contribution is 14.1. The van der Waals surface area contributed by atoms with Gasteiger partial charge in [-0.15, -0.1) is 0 Å². The van der Waals surface area contributed by atoms with Crippen LogP contribution in [0.5, 0.6) is 0 Å². The number of halogens is 1. The zero-order chi connectivity index (χ0) is 11.3. The van der Waals surface area contributed by atoms with Crippen molar-refractivity contribution in [2.75, 3.05) is 0 Å². The van der Waals surface area contributed by atoms with Gasteiger partial charge in [0.2, 0.25) is 0 Å². The maximum Gasteiger partial charge on any atom is 0.306 e. The Kier molecular flexibility index (Phi) is 5.08. The second-order valence-corrected chi connectivity index (χ2v) is 4.57. The molecule has 0 aliphatic heterocycles. The van der Waals surface area contributed by atoms with Gasteiger partial charge in [0.15, 0.2) is 0 Å². The molecule has 0 aromatic heterocycles. The first-order chi connectivity index (χ1) is 7.15. The predicted octanol–water partition coefficient (Wildman–Crippen LogP) is 3.70. The molecule has 1 aromatic carbocycles. The molecule has 0 saturated carbocycles. The molecule has 2 nitrogen and oxygen atoms in total. The van der Waals surface area contributed by atoms with Crippen LogP contribution >= 0.6 is 22.6 Å². The fourth-order valence-corrected chi connectivity index (χ4v) is 2.15. The van der Waals surface area contributed by atoms with Crippen molar-refractivity contribution < 1.29 is 9.53 Å². The van der Waals surface area contributed by atoms with Crippen LogP contribution < -0.4 is 0 Å². The molecule has 0 aliphatic carbocycles. The van der Waals surface area contributed by atoms with E-state index in [2.05, 4.69) is 22.6 Å². The summed E-state index contributed by atoms with van der Waals surface area (Å²) in [4.78, 5) is 11.3. The van der Waals surface area contributed by atoms with E-state index in [0.717, 1.165) is 15.6 Å². The third kappa shape index (κ3) is 3.81. The molecule has 0 heterocycles. The Morgan fingerprint density at radius 2 is 2.13 bits per heavy atom. The number of ether oxygens (including phenoxy) is 1. The van der Waals surface area contributed by atoms with E-state index in [1.54, 1.807) is 0 Å². The van der Waals surface area contributed by atoms with Crippen molar-refractivity contribution in [3.63, 3.8) is 0 Å². The summed E-state index contributed by atoms with van der Waals surface area (Å²) < 4.78 is 6.45. The zero-order valence-corrected chi connectivity index (χ0v) is 11.2. The Morgan fingerprint density at radius 3 is 2.73 bits per heavy atom. The van der Waals surface area contributed by atoms with Crippen molar-refractivity contribution in [3.05, 3.63) is 33.4 Å². The topological polar surface area (TPSA) is 26.3 Å². The lowest BCUT2D eigenvalue weighted by Crippen LogP contribution is -2.09. The van der Waals surface area contributed by atoms with Crippen LogP contribution in [0.1, 0.15) is 38.4 Å². The van der Waals surface area contributed by atoms with Crippen molar-refractivity contribution in [2.45, 2.75) is 32.8 Å². The number of carbonyl (C=O) groups is 1. The van der Waals surface area contributed by atoms with Gasteiger partial charge >= 0.3 is 5.97 Å². The average molecular weight is 318 g/mol. The van der Waals surface area contributed by atoms with Crippen LogP contribution in [-0.4, -0.2) is 5.97 Å². The van der Waals surface area contributed by atoms with E-state index >= 15 is 0 Å². The Labute approximate surface area is 104 Å². The molecule has 1 atom stereocenters. The van der Waals surface area contributed by atoms with E-state index in [0.29, 0.717) is 6.42 Å². The molecule has 15 heavy (non-hydrogen) atoms. The van der Waals surface area contributed by atoms with Crippen molar-refractivity contribution in [2.24, 2.45) is 0 Å². The van der Waals surface area contributed by atoms with E-state index < -0.39 is 0 Å². The molecule has 0 radical (unpaired) electrons. The van der Waals surface area contributed by atoms with Crippen LogP contribution in [0, 0.1) is 3.57 Å². The molecular weight excluding hydrogens is 303 g/mol. The summed E-state index contributed by atoms with van der Waals surface area (Å²) in [5, 5.41) is 0. The highest BCUT2D eigenvalue weighted by atomic mass is 127. The lowest BCUT2D eigenvalue weighted by Gasteiger charge is -2.14. The minimum absolute atomic E-state index is 0.121. The molecule has 0 bridgehead atoms. The van der Waals surface area contributed by atoms with E-state index in [-0.39, 0.29) is 12.1 Å². The second kappa shape index (κ2) is 6.10. The van der Waals surface area contributed by atoms with Gasteiger partial charge in [-0.2, -0.15) is 0 Å². The maximum absolute atomic E-state index is 11.3. The van der Waals surface area contributed by atoms with Gasteiger partial charge in [-0.25, -0.2) is 0 Å². The maximum atomic E-state index is 11.3. The smallest absolute Gasteiger partial charge is 0.306 e. The van der Waals surface area contributed by atoms with Crippen LogP contribution in [0.15, 0.2) is 24.3 Å². The SMILES string of the molecule is CCCC(=O)O[C@@H](C)c1ccccc1I. The predicted molar refractivity (Wildman–Crippen MR) is 68.6 cm³/mol. The largest absolute Gasteiger partial charge is 0.458 e. The number of hydrogen-bond acceptors (Lipinski definition) is 2. The van der Waals surface area contributed by atoms with Gasteiger partial charge in [0, 0.05) is 15.6 Å². The first kappa shape index (κ1) is 12.5. The molecule has 1 rings (SSSR count). The zero-order valence-electron chi connectivity index (χ0n) is 9.00. The Morgan fingerprint density at radius 1 is 1.47 bits per heavy atom. The molecule has 0 spiro atoms. The summed E-state index contributed by atoms with van der Waals surface area (Å²) in [7, 11) is 0. The fraction of sp³-hybridized carbons (Fsp3) is 0.417. The lowest BCUT2D eigenvalue weighted by molar-refractivity contribution is -0.148. The summed E-state index contributed by atoms with van der Waals surface area (Å²) in [6.07, 6.45) is 1.17. The number of benzene rings is 1. The average Bonchev–Trinajstić information content (AvgIpc) is 2.18. The standard InChI is InChI=1S/C12H15IO2/c1-3-6-12(14)15-9(2)10-7-4-5-8-11(10)13/h4-5,7-9H,3,6H2,1-2H3/t9-/m0/s1. The van der Waals surface area contributed by atoms with E-state index in [1.165, 1.54) is 0 Å². The van der Waals surface area contributed by atoms with Gasteiger partial charge in [-0.1, -0.05) is 25.1 Å². The second-order valence-electron chi connectivity index (χ2n) is 3.40. The summed E-state index contributed by atoms with van der Waals surface area (Å²) >= 11 is 2.25. The molecule has 3 heteroatoms. The van der Waals surface area contributed by atoms with Crippen LogP contribution in [0.4, 0.5) is 0 Å². The van der Waals surface area contributed by atoms with Crippen LogP contribution in [0.25, 0.3) is 0 Å². The Balaban J connectivity index is 2.65. The van der Waals surface area contributed by atoms with Crippen LogP contribution in [-0.2, 0) is 9.53 Å². The Hall–Kier alpha value is -0.580. The van der Waals surface area contributed by atoms with E-state index in [9.17, 15) is 4.79 Å². The first-order valence-corrected chi connectivity index (χ1v) is 6.17. The molecule has 0 saturated heterocycles. The third-order valence-corrected chi connectivity index (χ3v) is 3.09. The van der Waals surface area contributed by atoms with Crippen molar-refractivity contribution in [1.29, 1.82) is 0 Å². The van der Waals surface area contributed by atoms with Crippen LogP contribution in [0.3, 0.4) is 0 Å². The summed E-state index contributed by atoms with van der Waals surface area (Å²) in [5.41, 5.74) is 1.07. The van der Waals surface area contributed by atoms with Gasteiger partial charge < -0.3 is 4.74 Å². The van der Waals surface area contributed by atoms with Gasteiger partial charge in [-0.05, 0) is 42.0 Å². The molecule has 0 unspecified atom stereocenters. The number of esters is 1. The summed E-state index contributed by atoms with van der Waals surface area (Å²) in [6.45, 7) is 3.88. The molecule has 0 fully saturated rings. The molecule has 0 aliphatic rings. The van der Waals surface area contributed by atoms with Crippen molar-refractivity contribution in [1.82, 2.24) is 0 Å². The minimum atomic E-state index is -0.155. The van der Waals surface area contributed by atoms with Crippen molar-refractivity contribution >= 4 is 28.6 Å². The van der Waals surface area contributed by atoms with E-state index in [1.807, 2.05) is 38.1 Å². The summed E-state index contributed by atoms with van der Waals surface area (Å²) in [6, 6.07) is 7.94. The normalized spacial score (nSPS) is 12.2. The fourth-order valence-electron chi connectivity index (χ4n) is 1.33. The lowest BCUT2D eigenvalue weighted by atomic mass is 10.1. The Bertz CT molecular complexity index is 336. The number of hydrogen-bond donors (Lipinski definition) is 0. The van der Waals surface area contributed by atoms with Gasteiger partial charge in [0.1, 0.15) is 6.10 Å². The molecule has 0 amide bonds. The van der Waals surface area contributed by atoms with Gasteiger partial charge in [0.05, 0.1) is 0 Å².